The van der Waals surface area contributed by atoms with E-state index >= 15 is 0 Å². The van der Waals surface area contributed by atoms with E-state index in [9.17, 15) is 4.39 Å². The largest absolute Gasteiger partial charge is 0.380 e. The number of thioether (sulfide) groups is 1. The van der Waals surface area contributed by atoms with E-state index in [0.717, 1.165) is 30.5 Å². The van der Waals surface area contributed by atoms with Crippen molar-refractivity contribution in [2.45, 2.75) is 23.0 Å². The van der Waals surface area contributed by atoms with Crippen LogP contribution in [0.4, 0.5) is 4.39 Å². The second-order valence-corrected chi connectivity index (χ2v) is 5.79. The molecule has 1 saturated heterocycles. The van der Waals surface area contributed by atoms with Crippen LogP contribution in [0, 0.1) is 5.82 Å². The van der Waals surface area contributed by atoms with Crippen molar-refractivity contribution in [2.75, 3.05) is 13.2 Å². The third kappa shape index (κ3) is 3.20. The Hall–Kier alpha value is -0.0600. The second kappa shape index (κ2) is 5.32. The highest BCUT2D eigenvalue weighted by atomic mass is 79.9. The first-order valence-electron chi connectivity index (χ1n) is 4.95. The van der Waals surface area contributed by atoms with E-state index < -0.39 is 0 Å². The summed E-state index contributed by atoms with van der Waals surface area (Å²) in [6.07, 6.45) is 2.18. The topological polar surface area (TPSA) is 9.23 Å². The van der Waals surface area contributed by atoms with Gasteiger partial charge < -0.3 is 4.74 Å². The minimum atomic E-state index is -0.145. The molecule has 1 heterocycles. The average molecular weight is 291 g/mol. The van der Waals surface area contributed by atoms with Crippen LogP contribution in [0.1, 0.15) is 12.8 Å². The standard InChI is InChI=1S/C11H12BrFOS/c12-8-3-4-10(13)11(6-8)15-9-2-1-5-14-7-9/h3-4,6,9H,1-2,5,7H2. The zero-order valence-corrected chi connectivity index (χ0v) is 10.6. The highest BCUT2D eigenvalue weighted by molar-refractivity contribution is 9.10. The Balaban J connectivity index is 2.05. The number of hydrogen-bond acceptors (Lipinski definition) is 2. The normalized spacial score (nSPS) is 21.6. The molecule has 0 saturated carbocycles. The molecule has 2 rings (SSSR count). The van der Waals surface area contributed by atoms with Gasteiger partial charge in [0, 0.05) is 21.2 Å². The molecular weight excluding hydrogens is 279 g/mol. The number of benzene rings is 1. The molecule has 1 nitrogen and oxygen atoms in total. The van der Waals surface area contributed by atoms with Crippen LogP contribution in [0.5, 0.6) is 0 Å². The Bertz CT molecular complexity index is 339. The van der Waals surface area contributed by atoms with Gasteiger partial charge in [0.15, 0.2) is 0 Å². The summed E-state index contributed by atoms with van der Waals surface area (Å²) in [5, 5.41) is 0.391. The van der Waals surface area contributed by atoms with E-state index in [4.69, 9.17) is 4.74 Å². The van der Waals surface area contributed by atoms with Gasteiger partial charge in [0.25, 0.3) is 0 Å². The SMILES string of the molecule is Fc1ccc(Br)cc1SC1CCCOC1. The molecule has 1 unspecified atom stereocenters. The zero-order chi connectivity index (χ0) is 10.7. The molecule has 1 fully saturated rings. The lowest BCUT2D eigenvalue weighted by Crippen LogP contribution is -2.19. The van der Waals surface area contributed by atoms with Crippen molar-refractivity contribution < 1.29 is 9.13 Å². The molecule has 15 heavy (non-hydrogen) atoms. The number of ether oxygens (including phenoxy) is 1. The second-order valence-electron chi connectivity index (χ2n) is 3.53. The van der Waals surface area contributed by atoms with Gasteiger partial charge in [-0.2, -0.15) is 0 Å². The molecule has 1 aliphatic heterocycles. The lowest BCUT2D eigenvalue weighted by molar-refractivity contribution is 0.101. The number of halogens is 2. The molecule has 0 radical (unpaired) electrons. The van der Waals surface area contributed by atoms with Crippen LogP contribution in [-0.4, -0.2) is 18.5 Å². The molecule has 1 atom stereocenters. The van der Waals surface area contributed by atoms with Gasteiger partial charge in [0.1, 0.15) is 5.82 Å². The Morgan fingerprint density at radius 3 is 3.07 bits per heavy atom. The summed E-state index contributed by atoms with van der Waals surface area (Å²) >= 11 is 4.93. The van der Waals surface area contributed by atoms with Gasteiger partial charge in [-0.3, -0.25) is 0 Å². The van der Waals surface area contributed by atoms with Gasteiger partial charge in [-0.1, -0.05) is 15.9 Å². The summed E-state index contributed by atoms with van der Waals surface area (Å²) in [6.45, 7) is 1.58. The summed E-state index contributed by atoms with van der Waals surface area (Å²) in [4.78, 5) is 0.708. The third-order valence-electron chi connectivity index (χ3n) is 2.31. The number of hydrogen-bond donors (Lipinski definition) is 0. The first kappa shape index (κ1) is 11.4. The van der Waals surface area contributed by atoms with Crippen LogP contribution in [0.15, 0.2) is 27.6 Å². The van der Waals surface area contributed by atoms with Gasteiger partial charge in [-0.15, -0.1) is 11.8 Å². The Morgan fingerprint density at radius 1 is 1.47 bits per heavy atom. The molecule has 1 aliphatic rings. The quantitative estimate of drug-likeness (QED) is 0.818. The van der Waals surface area contributed by atoms with E-state index in [1.165, 1.54) is 6.07 Å². The average Bonchev–Trinajstić information content (AvgIpc) is 2.25. The molecule has 0 aromatic heterocycles. The van der Waals surface area contributed by atoms with Gasteiger partial charge in [0.2, 0.25) is 0 Å². The fourth-order valence-corrected chi connectivity index (χ4v) is 3.25. The predicted molar refractivity (Wildman–Crippen MR) is 63.8 cm³/mol. The fourth-order valence-electron chi connectivity index (χ4n) is 1.55. The fraction of sp³-hybridized carbons (Fsp3) is 0.455. The molecule has 1 aromatic rings. The monoisotopic (exact) mass is 290 g/mol. The van der Waals surface area contributed by atoms with E-state index in [-0.39, 0.29) is 5.82 Å². The molecule has 0 amide bonds. The first-order valence-corrected chi connectivity index (χ1v) is 6.62. The van der Waals surface area contributed by atoms with Gasteiger partial charge in [-0.05, 0) is 31.0 Å². The Kier molecular flexibility index (Phi) is 4.05. The minimum Gasteiger partial charge on any atom is -0.380 e. The van der Waals surface area contributed by atoms with Gasteiger partial charge >= 0.3 is 0 Å². The summed E-state index contributed by atoms with van der Waals surface area (Å²) in [7, 11) is 0. The highest BCUT2D eigenvalue weighted by Gasteiger charge is 2.16. The lowest BCUT2D eigenvalue weighted by Gasteiger charge is -2.21. The maximum atomic E-state index is 13.4. The van der Waals surface area contributed by atoms with Crippen LogP contribution in [0.25, 0.3) is 0 Å². The summed E-state index contributed by atoms with van der Waals surface area (Å²) in [5.41, 5.74) is 0. The van der Waals surface area contributed by atoms with Crippen molar-refractivity contribution >= 4 is 27.7 Å². The highest BCUT2D eigenvalue weighted by Crippen LogP contribution is 2.32. The maximum Gasteiger partial charge on any atom is 0.136 e. The molecule has 0 spiro atoms. The van der Waals surface area contributed by atoms with Crippen molar-refractivity contribution in [1.82, 2.24) is 0 Å². The molecular formula is C11H12BrFOS. The zero-order valence-electron chi connectivity index (χ0n) is 8.21. The van der Waals surface area contributed by atoms with Crippen molar-refractivity contribution in [2.24, 2.45) is 0 Å². The Morgan fingerprint density at radius 2 is 2.33 bits per heavy atom. The van der Waals surface area contributed by atoms with Crippen LogP contribution in [-0.2, 0) is 4.74 Å². The molecule has 0 aliphatic carbocycles. The van der Waals surface area contributed by atoms with Crippen LogP contribution < -0.4 is 0 Å². The molecule has 1 aromatic carbocycles. The molecule has 82 valence electrons. The van der Waals surface area contributed by atoms with Gasteiger partial charge in [0.05, 0.1) is 6.61 Å². The van der Waals surface area contributed by atoms with Crippen molar-refractivity contribution in [1.29, 1.82) is 0 Å². The van der Waals surface area contributed by atoms with E-state index in [2.05, 4.69) is 15.9 Å². The van der Waals surface area contributed by atoms with E-state index in [0.29, 0.717) is 10.1 Å². The van der Waals surface area contributed by atoms with Crippen molar-refractivity contribution in [3.05, 3.63) is 28.5 Å². The number of rotatable bonds is 2. The van der Waals surface area contributed by atoms with Crippen LogP contribution in [0.3, 0.4) is 0 Å². The van der Waals surface area contributed by atoms with Crippen LogP contribution in [0.2, 0.25) is 0 Å². The summed E-state index contributed by atoms with van der Waals surface area (Å²) in [6, 6.07) is 5.04. The van der Waals surface area contributed by atoms with Gasteiger partial charge in [-0.25, -0.2) is 4.39 Å². The van der Waals surface area contributed by atoms with E-state index in [1.54, 1.807) is 17.8 Å². The Labute approximate surface area is 102 Å². The van der Waals surface area contributed by atoms with Crippen molar-refractivity contribution in [3.63, 3.8) is 0 Å². The molecule has 0 N–H and O–H groups in total. The summed E-state index contributed by atoms with van der Waals surface area (Å²) < 4.78 is 19.7. The van der Waals surface area contributed by atoms with E-state index in [1.807, 2.05) is 6.07 Å². The first-order chi connectivity index (χ1) is 7.25. The third-order valence-corrected chi connectivity index (χ3v) is 4.07. The smallest absolute Gasteiger partial charge is 0.136 e. The molecule has 4 heteroatoms. The lowest BCUT2D eigenvalue weighted by atomic mass is 10.2. The predicted octanol–water partition coefficient (Wildman–Crippen LogP) is 3.86. The van der Waals surface area contributed by atoms with Crippen LogP contribution >= 0.6 is 27.7 Å². The summed E-state index contributed by atoms with van der Waals surface area (Å²) in [5.74, 6) is -0.145. The minimum absolute atomic E-state index is 0.145. The van der Waals surface area contributed by atoms with Crippen molar-refractivity contribution in [3.8, 4) is 0 Å². The maximum absolute atomic E-state index is 13.4. The molecule has 0 bridgehead atoms.